The Kier molecular flexibility index (Phi) is 26.9. The van der Waals surface area contributed by atoms with Gasteiger partial charge in [0.05, 0.1) is 0 Å². The van der Waals surface area contributed by atoms with Gasteiger partial charge in [-0.1, -0.05) is 76.1 Å². The Morgan fingerprint density at radius 1 is 1.23 bits per heavy atom. The molecule has 0 aromatic heterocycles. The largest absolute Gasteiger partial charge is 0.363 e. The average Bonchev–Trinajstić information content (AvgIpc) is 2.91. The van der Waals surface area contributed by atoms with E-state index in [0.29, 0.717) is 12.2 Å². The number of allylic oxidation sites excluding steroid dienone is 4. The van der Waals surface area contributed by atoms with Crippen molar-refractivity contribution in [3.63, 3.8) is 0 Å². The summed E-state index contributed by atoms with van der Waals surface area (Å²) in [4.78, 5) is 19.0. The first kappa shape index (κ1) is 40.9. The number of hydrogen-bond acceptors (Lipinski definition) is 5. The van der Waals surface area contributed by atoms with Crippen LogP contribution in [0.5, 0.6) is 0 Å². The first-order valence-electron chi connectivity index (χ1n) is 13.6. The number of ether oxygens (including phenoxy) is 1. The van der Waals surface area contributed by atoms with E-state index in [1.807, 2.05) is 39.0 Å². The maximum Gasteiger partial charge on any atom is 0.334 e. The van der Waals surface area contributed by atoms with E-state index in [2.05, 4.69) is 77.8 Å². The Labute approximate surface area is 243 Å². The molecule has 0 amide bonds. The number of rotatable bonds is 8. The van der Waals surface area contributed by atoms with E-state index in [-0.39, 0.29) is 6.17 Å². The van der Waals surface area contributed by atoms with Gasteiger partial charge in [-0.3, -0.25) is 9.79 Å². The van der Waals surface area contributed by atoms with Gasteiger partial charge in [0, 0.05) is 30.0 Å². The number of thioether (sulfide) groups is 1. The predicted octanol–water partition coefficient (Wildman–Crippen LogP) is 9.49. The van der Waals surface area contributed by atoms with Crippen molar-refractivity contribution in [2.24, 2.45) is 4.99 Å². The molecule has 0 saturated carbocycles. The van der Waals surface area contributed by atoms with Gasteiger partial charge in [0.15, 0.2) is 12.3 Å². The monoisotopic (exact) mass is 560 g/mol. The van der Waals surface area contributed by atoms with E-state index in [1.54, 1.807) is 37.7 Å². The number of terminal acetylenes is 1. The standard InChI is InChI=1S/C14H22N2S.C11H13FO2.C3H8.C3H4.C2H6/c1-7-9-12-10(3)15-14(13(8-2)17-6)16(5)11(12)4;1-3-14-10(11(12)13)9-6-4-8(2)5-7-9;2*1-3-2;1-2/h7-8,14H,1,9H2,2-6H3;4-7,10H,3H2,1-2H3;3H2,1-2H3;1H,2H3;1-2H3/b13-8-;;;;. The molecular formula is C33H53FN2O2S. The third-order valence-corrected chi connectivity index (χ3v) is 6.05. The first-order chi connectivity index (χ1) is 18.5. The van der Waals surface area contributed by atoms with Crippen LogP contribution < -0.4 is 0 Å². The van der Waals surface area contributed by atoms with Crippen LogP contribution in [0.2, 0.25) is 0 Å². The number of aryl methyl sites for hydroxylation is 1. The second kappa shape index (κ2) is 25.6. The minimum Gasteiger partial charge on any atom is -0.363 e. The molecule has 1 aliphatic rings. The zero-order chi connectivity index (χ0) is 31.0. The predicted molar refractivity (Wildman–Crippen MR) is 173 cm³/mol. The molecule has 39 heavy (non-hydrogen) atoms. The van der Waals surface area contributed by atoms with Gasteiger partial charge in [0.2, 0.25) is 0 Å². The Balaban J connectivity index is -0.000000530. The summed E-state index contributed by atoms with van der Waals surface area (Å²) in [5.41, 5.74) is 5.37. The van der Waals surface area contributed by atoms with Gasteiger partial charge in [-0.15, -0.1) is 30.7 Å². The fourth-order valence-electron chi connectivity index (χ4n) is 3.27. The molecule has 220 valence electrons. The lowest BCUT2D eigenvalue weighted by atomic mass is 10.0. The summed E-state index contributed by atoms with van der Waals surface area (Å²) in [7, 11) is 2.11. The van der Waals surface area contributed by atoms with Gasteiger partial charge in [0.1, 0.15) is 0 Å². The molecule has 4 nitrogen and oxygen atoms in total. The topological polar surface area (TPSA) is 41.9 Å². The molecule has 1 aromatic carbocycles. The molecule has 1 aromatic rings. The van der Waals surface area contributed by atoms with Crippen molar-refractivity contribution in [3.05, 3.63) is 70.3 Å². The van der Waals surface area contributed by atoms with Crippen LogP contribution in [-0.2, 0) is 9.53 Å². The normalized spacial score (nSPS) is 14.8. The van der Waals surface area contributed by atoms with Gasteiger partial charge in [-0.25, -0.2) is 0 Å². The molecule has 1 heterocycles. The summed E-state index contributed by atoms with van der Waals surface area (Å²) in [5, 5.41) is 0. The minimum atomic E-state index is -1.45. The molecule has 0 spiro atoms. The minimum absolute atomic E-state index is 0.142. The quantitative estimate of drug-likeness (QED) is 0.180. The molecule has 0 fully saturated rings. The SMILES string of the molecule is C#CC.C=CCC1=C(C)N(C)C(/C(=C/C)SC)N=C1C.CC.CCC.CCOC(C(=O)F)c1ccc(C)cc1. The fraction of sp³-hybridized carbons (Fsp3) is 0.515. The maximum atomic E-state index is 12.6. The molecular weight excluding hydrogens is 507 g/mol. The highest BCUT2D eigenvalue weighted by atomic mass is 32.2. The summed E-state index contributed by atoms with van der Waals surface area (Å²) in [6.45, 7) is 24.0. The number of aliphatic imine (C=N–C) groups is 1. The van der Waals surface area contributed by atoms with E-state index in [9.17, 15) is 9.18 Å². The van der Waals surface area contributed by atoms with Crippen molar-refractivity contribution >= 4 is 23.5 Å². The Morgan fingerprint density at radius 2 is 1.72 bits per heavy atom. The van der Waals surface area contributed by atoms with E-state index in [0.717, 1.165) is 17.7 Å². The molecule has 0 radical (unpaired) electrons. The number of benzene rings is 1. The van der Waals surface area contributed by atoms with Crippen molar-refractivity contribution in [2.45, 2.75) is 94.3 Å². The van der Waals surface area contributed by atoms with Gasteiger partial charge in [0.25, 0.3) is 0 Å². The first-order valence-corrected chi connectivity index (χ1v) is 14.8. The lowest BCUT2D eigenvalue weighted by Crippen LogP contribution is -2.35. The van der Waals surface area contributed by atoms with Crippen LogP contribution in [0.15, 0.2) is 64.2 Å². The lowest BCUT2D eigenvalue weighted by Gasteiger charge is -2.35. The summed E-state index contributed by atoms with van der Waals surface area (Å²) in [5.74, 6) is 2.25. The van der Waals surface area contributed by atoms with Crippen LogP contribution in [0.3, 0.4) is 0 Å². The number of hydrogen-bond donors (Lipinski definition) is 0. The molecule has 2 atom stereocenters. The number of halogens is 1. The average molecular weight is 561 g/mol. The molecule has 6 heteroatoms. The molecule has 0 aliphatic carbocycles. The van der Waals surface area contributed by atoms with Crippen LogP contribution in [0.1, 0.15) is 92.4 Å². The van der Waals surface area contributed by atoms with Crippen LogP contribution in [-0.4, -0.2) is 42.7 Å². The smallest absolute Gasteiger partial charge is 0.334 e. The molecule has 1 aliphatic heterocycles. The maximum absolute atomic E-state index is 12.6. The van der Waals surface area contributed by atoms with E-state index >= 15 is 0 Å². The second-order valence-electron chi connectivity index (χ2n) is 8.20. The molecule has 0 N–H and O–H groups in total. The fourth-order valence-corrected chi connectivity index (χ4v) is 3.93. The van der Waals surface area contributed by atoms with Gasteiger partial charge >= 0.3 is 6.04 Å². The van der Waals surface area contributed by atoms with E-state index in [1.165, 1.54) is 22.6 Å². The third-order valence-electron chi connectivity index (χ3n) is 5.13. The van der Waals surface area contributed by atoms with E-state index in [4.69, 9.17) is 9.73 Å². The highest BCUT2D eigenvalue weighted by Gasteiger charge is 2.25. The zero-order valence-electron chi connectivity index (χ0n) is 26.5. The van der Waals surface area contributed by atoms with Crippen molar-refractivity contribution < 1.29 is 13.9 Å². The highest BCUT2D eigenvalue weighted by molar-refractivity contribution is 8.02. The zero-order valence-corrected chi connectivity index (χ0v) is 27.3. The van der Waals surface area contributed by atoms with Gasteiger partial charge in [-0.2, -0.15) is 4.39 Å². The Bertz CT molecular complexity index is 943. The van der Waals surface area contributed by atoms with Crippen molar-refractivity contribution in [3.8, 4) is 12.3 Å². The third kappa shape index (κ3) is 16.2. The molecule has 2 rings (SSSR count). The second-order valence-corrected chi connectivity index (χ2v) is 9.08. The Hall–Kier alpha value is -2.62. The highest BCUT2D eigenvalue weighted by Crippen LogP contribution is 2.30. The van der Waals surface area contributed by atoms with Crippen molar-refractivity contribution in [1.29, 1.82) is 0 Å². The molecule has 0 bridgehead atoms. The number of likely N-dealkylation sites (N-methyl/N-ethyl adjacent to an activating group) is 1. The van der Waals surface area contributed by atoms with Gasteiger partial charge < -0.3 is 9.64 Å². The van der Waals surface area contributed by atoms with Crippen LogP contribution in [0.4, 0.5) is 4.39 Å². The van der Waals surface area contributed by atoms with Crippen LogP contribution in [0, 0.1) is 19.3 Å². The Morgan fingerprint density at radius 3 is 2.08 bits per heavy atom. The van der Waals surface area contributed by atoms with Crippen molar-refractivity contribution in [2.75, 3.05) is 19.9 Å². The summed E-state index contributed by atoms with van der Waals surface area (Å²) >= 11 is 1.77. The number of nitrogens with zero attached hydrogens (tertiary/aromatic N) is 2. The van der Waals surface area contributed by atoms with E-state index < -0.39 is 12.1 Å². The number of carbonyl (C=O) groups is 1. The summed E-state index contributed by atoms with van der Waals surface area (Å²) in [6, 6.07) is 5.60. The summed E-state index contributed by atoms with van der Waals surface area (Å²) in [6.07, 6.45) is 12.0. The van der Waals surface area contributed by atoms with Crippen LogP contribution in [0.25, 0.3) is 0 Å². The molecule has 0 saturated heterocycles. The van der Waals surface area contributed by atoms with Gasteiger partial charge in [-0.05, 0) is 65.4 Å². The van der Waals surface area contributed by atoms with Crippen LogP contribution >= 0.6 is 11.8 Å². The van der Waals surface area contributed by atoms with Crippen molar-refractivity contribution in [1.82, 2.24) is 4.90 Å². The lowest BCUT2D eigenvalue weighted by molar-refractivity contribution is -0.142. The summed E-state index contributed by atoms with van der Waals surface area (Å²) < 4.78 is 17.6. The molecule has 2 unspecified atom stereocenters. The number of carbonyl (C=O) groups excluding carboxylic acids is 1.